The normalized spacial score (nSPS) is 11.5. The molecule has 1 aromatic heterocycles. The lowest BCUT2D eigenvalue weighted by molar-refractivity contribution is 0.0962. The zero-order valence-corrected chi connectivity index (χ0v) is 20.5. The fourth-order valence-corrected chi connectivity index (χ4v) is 3.74. The predicted molar refractivity (Wildman–Crippen MR) is 139 cm³/mol. The molecular weight excluding hydrogens is 444 g/mol. The van der Waals surface area contributed by atoms with Crippen molar-refractivity contribution in [3.8, 4) is 17.0 Å². The second kappa shape index (κ2) is 11.9. The second-order valence-electron chi connectivity index (χ2n) is 8.14. The van der Waals surface area contributed by atoms with E-state index in [-0.39, 0.29) is 18.4 Å². The number of carbonyl (C=O) groups is 1. The van der Waals surface area contributed by atoms with Gasteiger partial charge in [-0.05, 0) is 36.8 Å². The summed E-state index contributed by atoms with van der Waals surface area (Å²) in [7, 11) is 3.19. The van der Waals surface area contributed by atoms with Crippen LogP contribution in [-0.4, -0.2) is 60.5 Å². The highest BCUT2D eigenvalue weighted by Crippen LogP contribution is 2.29. The molecule has 0 saturated carbocycles. The second-order valence-corrected chi connectivity index (χ2v) is 8.14. The van der Waals surface area contributed by atoms with Gasteiger partial charge in [-0.1, -0.05) is 19.1 Å². The Kier molecular flexibility index (Phi) is 8.74. The van der Waals surface area contributed by atoms with E-state index in [0.29, 0.717) is 35.9 Å². The number of amides is 1. The third kappa shape index (κ3) is 6.33. The van der Waals surface area contributed by atoms with Gasteiger partial charge in [0, 0.05) is 60.2 Å². The number of carbonyl (C=O) groups excluding carboxylic acids is 1. The maximum absolute atomic E-state index is 11.9. The van der Waals surface area contributed by atoms with E-state index in [2.05, 4.69) is 32.8 Å². The lowest BCUT2D eigenvalue weighted by atomic mass is 9.98. The summed E-state index contributed by atoms with van der Waals surface area (Å²) in [6.45, 7) is 4.83. The molecule has 0 fully saturated rings. The van der Waals surface area contributed by atoms with Crippen LogP contribution in [0.5, 0.6) is 5.75 Å². The molecule has 1 unspecified atom stereocenters. The van der Waals surface area contributed by atoms with Gasteiger partial charge in [-0.15, -0.1) is 0 Å². The minimum atomic E-state index is -0.160. The Morgan fingerprint density at radius 2 is 1.94 bits per heavy atom. The molecule has 3 aromatic rings. The molecule has 184 valence electrons. The smallest absolute Gasteiger partial charge is 0.251 e. The predicted octanol–water partition coefficient (Wildman–Crippen LogP) is 3.52. The van der Waals surface area contributed by atoms with Gasteiger partial charge >= 0.3 is 0 Å². The lowest BCUT2D eigenvalue weighted by Crippen LogP contribution is -2.18. The SMILES string of the molecule is CNC(=O)c1ccc(C(C)CNc2cc(-c3ccc(NCCO)c(C(C)=N)c3)ncn2)c(OC)c1. The van der Waals surface area contributed by atoms with Crippen LogP contribution >= 0.6 is 0 Å². The zero-order chi connectivity index (χ0) is 25.4. The number of anilines is 2. The van der Waals surface area contributed by atoms with Gasteiger partial charge in [-0.3, -0.25) is 4.79 Å². The molecule has 1 atom stereocenters. The van der Waals surface area contributed by atoms with Crippen molar-refractivity contribution in [2.75, 3.05) is 44.5 Å². The van der Waals surface area contributed by atoms with Crippen LogP contribution in [0.4, 0.5) is 11.5 Å². The molecule has 0 bridgehead atoms. The number of aromatic nitrogens is 2. The Labute approximate surface area is 205 Å². The van der Waals surface area contributed by atoms with Crippen LogP contribution in [0, 0.1) is 5.41 Å². The number of benzene rings is 2. The standard InChI is InChI=1S/C26H32N6O3/c1-16(20-7-5-19(26(34)28-3)12-24(20)35-4)14-30-25-13-23(31-15-32-25)18-6-8-22(29-9-10-33)21(11-18)17(2)27/h5-8,11-13,15-16,27,29,33H,9-10,14H2,1-4H3,(H,28,34)(H,30,31,32). The van der Waals surface area contributed by atoms with Crippen molar-refractivity contribution in [2.24, 2.45) is 0 Å². The Hall–Kier alpha value is -3.98. The number of rotatable bonds is 11. The molecule has 9 nitrogen and oxygen atoms in total. The number of ether oxygens (including phenoxy) is 1. The summed E-state index contributed by atoms with van der Waals surface area (Å²) in [4.78, 5) is 20.7. The fraction of sp³-hybridized carbons (Fsp3) is 0.308. The molecule has 35 heavy (non-hydrogen) atoms. The first-order chi connectivity index (χ1) is 16.9. The van der Waals surface area contributed by atoms with E-state index in [1.165, 1.54) is 6.33 Å². The maximum atomic E-state index is 11.9. The summed E-state index contributed by atoms with van der Waals surface area (Å²) in [6.07, 6.45) is 1.51. The van der Waals surface area contributed by atoms with Gasteiger partial charge in [-0.2, -0.15) is 0 Å². The molecule has 9 heteroatoms. The van der Waals surface area contributed by atoms with Gasteiger partial charge in [0.25, 0.3) is 5.91 Å². The number of hydrogen-bond donors (Lipinski definition) is 5. The monoisotopic (exact) mass is 476 g/mol. The van der Waals surface area contributed by atoms with Crippen LogP contribution in [0.1, 0.15) is 41.3 Å². The van der Waals surface area contributed by atoms with Crippen LogP contribution in [0.3, 0.4) is 0 Å². The molecule has 1 amide bonds. The van der Waals surface area contributed by atoms with Crippen LogP contribution < -0.4 is 20.7 Å². The Morgan fingerprint density at radius 3 is 2.63 bits per heavy atom. The molecular formula is C26H32N6O3. The van der Waals surface area contributed by atoms with Crippen LogP contribution in [0.25, 0.3) is 11.3 Å². The van der Waals surface area contributed by atoms with E-state index in [1.54, 1.807) is 33.2 Å². The zero-order valence-electron chi connectivity index (χ0n) is 20.5. The number of nitrogens with one attached hydrogen (secondary N) is 4. The van der Waals surface area contributed by atoms with E-state index in [4.69, 9.17) is 15.3 Å². The summed E-state index contributed by atoms with van der Waals surface area (Å²) >= 11 is 0. The molecule has 0 aliphatic heterocycles. The third-order valence-electron chi connectivity index (χ3n) is 5.66. The largest absolute Gasteiger partial charge is 0.496 e. The Bertz CT molecular complexity index is 1200. The Morgan fingerprint density at radius 1 is 1.14 bits per heavy atom. The highest BCUT2D eigenvalue weighted by Gasteiger charge is 2.15. The van der Waals surface area contributed by atoms with E-state index >= 15 is 0 Å². The molecule has 0 aliphatic carbocycles. The molecule has 2 aromatic carbocycles. The van der Waals surface area contributed by atoms with Crippen molar-refractivity contribution in [2.45, 2.75) is 19.8 Å². The average molecular weight is 477 g/mol. The summed E-state index contributed by atoms with van der Waals surface area (Å²) in [6, 6.07) is 13.1. The molecule has 0 aliphatic rings. The van der Waals surface area contributed by atoms with Crippen LogP contribution in [0.2, 0.25) is 0 Å². The van der Waals surface area contributed by atoms with Crippen molar-refractivity contribution in [1.82, 2.24) is 15.3 Å². The minimum absolute atomic E-state index is 0.0156. The van der Waals surface area contributed by atoms with Crippen molar-refractivity contribution < 1.29 is 14.6 Å². The third-order valence-corrected chi connectivity index (χ3v) is 5.66. The molecule has 1 heterocycles. The van der Waals surface area contributed by atoms with Crippen molar-refractivity contribution >= 4 is 23.1 Å². The lowest BCUT2D eigenvalue weighted by Gasteiger charge is -2.18. The topological polar surface area (TPSA) is 132 Å². The quantitative estimate of drug-likeness (QED) is 0.268. The van der Waals surface area contributed by atoms with Gasteiger partial charge in [0.1, 0.15) is 17.9 Å². The summed E-state index contributed by atoms with van der Waals surface area (Å²) in [5, 5.41) is 26.3. The number of nitrogens with zero attached hydrogens (tertiary/aromatic N) is 2. The summed E-state index contributed by atoms with van der Waals surface area (Å²) in [5.41, 5.74) is 5.11. The molecule has 0 radical (unpaired) electrons. The molecule has 5 N–H and O–H groups in total. The van der Waals surface area contributed by atoms with Crippen molar-refractivity contribution in [3.63, 3.8) is 0 Å². The van der Waals surface area contributed by atoms with Crippen molar-refractivity contribution in [3.05, 3.63) is 65.5 Å². The molecule has 0 spiro atoms. The Balaban J connectivity index is 1.76. The van der Waals surface area contributed by atoms with Gasteiger partial charge in [0.2, 0.25) is 0 Å². The van der Waals surface area contributed by atoms with Crippen molar-refractivity contribution in [1.29, 1.82) is 5.41 Å². The average Bonchev–Trinajstić information content (AvgIpc) is 2.89. The number of aliphatic hydroxyl groups is 1. The highest BCUT2D eigenvalue weighted by atomic mass is 16.5. The van der Waals surface area contributed by atoms with E-state index in [0.717, 1.165) is 28.1 Å². The number of aliphatic hydroxyl groups excluding tert-OH is 1. The molecule has 3 rings (SSSR count). The summed E-state index contributed by atoms with van der Waals surface area (Å²) in [5.74, 6) is 1.27. The minimum Gasteiger partial charge on any atom is -0.496 e. The van der Waals surface area contributed by atoms with Gasteiger partial charge < -0.3 is 31.2 Å². The van der Waals surface area contributed by atoms with Gasteiger partial charge in [-0.25, -0.2) is 9.97 Å². The first-order valence-corrected chi connectivity index (χ1v) is 11.4. The first kappa shape index (κ1) is 25.6. The highest BCUT2D eigenvalue weighted by molar-refractivity contribution is 6.02. The van der Waals surface area contributed by atoms with Crippen LogP contribution in [-0.2, 0) is 0 Å². The number of hydrogen-bond acceptors (Lipinski definition) is 8. The van der Waals surface area contributed by atoms with E-state index in [9.17, 15) is 4.79 Å². The van der Waals surface area contributed by atoms with E-state index < -0.39 is 0 Å². The van der Waals surface area contributed by atoms with Crippen LogP contribution in [0.15, 0.2) is 48.8 Å². The fourth-order valence-electron chi connectivity index (χ4n) is 3.74. The maximum Gasteiger partial charge on any atom is 0.251 e. The molecule has 0 saturated heterocycles. The van der Waals surface area contributed by atoms with Gasteiger partial charge in [0.15, 0.2) is 0 Å². The summed E-state index contributed by atoms with van der Waals surface area (Å²) < 4.78 is 5.53. The van der Waals surface area contributed by atoms with E-state index in [1.807, 2.05) is 30.3 Å². The number of methoxy groups -OCH3 is 1. The first-order valence-electron chi connectivity index (χ1n) is 11.4. The van der Waals surface area contributed by atoms with Gasteiger partial charge in [0.05, 0.1) is 19.4 Å².